The van der Waals surface area contributed by atoms with Crippen LogP contribution in [-0.4, -0.2) is 72.0 Å². The van der Waals surface area contributed by atoms with Crippen molar-refractivity contribution in [2.45, 2.75) is 54.7 Å². The summed E-state index contributed by atoms with van der Waals surface area (Å²) >= 11 is 0. The standard InChI is InChI=1S/C26H27NO6.C2HF3O/c1-27-13-12-25-20-16-8-9-17(31-2)22(20)33-23(25)18(10-11-26(25,30)19(27)14-16)32-24(29)21(28)15-6-4-3-5-7-15;3-2(4,5)1-6/h3-10,19,21,23,28,30H,11-14H2,1-2H3;1H/t19-,21-,23+,25+,26-;/m1./s1. The van der Waals surface area contributed by atoms with Crippen molar-refractivity contribution in [1.82, 2.24) is 4.90 Å². The number of hydrogen-bond acceptors (Lipinski definition) is 8. The second-order valence-electron chi connectivity index (χ2n) is 10.2. The van der Waals surface area contributed by atoms with Crippen molar-refractivity contribution in [2.75, 3.05) is 20.7 Å². The van der Waals surface area contributed by atoms with E-state index in [0.717, 1.165) is 17.7 Å². The molecule has 2 aromatic carbocycles. The highest BCUT2D eigenvalue weighted by Crippen LogP contribution is 2.65. The van der Waals surface area contributed by atoms with Gasteiger partial charge in [-0.25, -0.2) is 4.79 Å². The number of aliphatic hydroxyl groups excluding tert-OH is 1. The molecule has 2 bridgehead atoms. The number of methoxy groups -OCH3 is 1. The number of piperidine rings is 1. The van der Waals surface area contributed by atoms with Gasteiger partial charge in [-0.05, 0) is 49.7 Å². The summed E-state index contributed by atoms with van der Waals surface area (Å²) in [7, 11) is 3.64. The minimum atomic E-state index is -4.64. The lowest BCUT2D eigenvalue weighted by Gasteiger charge is -2.61. The molecule has 2 aromatic rings. The quantitative estimate of drug-likeness (QED) is 0.445. The van der Waals surface area contributed by atoms with Crippen LogP contribution in [0.1, 0.15) is 35.6 Å². The molecule has 0 aromatic heterocycles. The number of benzene rings is 2. The van der Waals surface area contributed by atoms with E-state index in [1.54, 1.807) is 37.5 Å². The summed E-state index contributed by atoms with van der Waals surface area (Å²) in [5.74, 6) is 0.802. The summed E-state index contributed by atoms with van der Waals surface area (Å²) in [6.45, 7) is 0.788. The largest absolute Gasteiger partial charge is 0.493 e. The van der Waals surface area contributed by atoms with Gasteiger partial charge in [0.25, 0.3) is 0 Å². The Balaban J connectivity index is 0.000000465. The molecule has 8 nitrogen and oxygen atoms in total. The average molecular weight is 548 g/mol. The first-order chi connectivity index (χ1) is 18.5. The number of halogens is 3. The lowest BCUT2D eigenvalue weighted by Crippen LogP contribution is -2.74. The molecule has 2 heterocycles. The van der Waals surface area contributed by atoms with Crippen molar-refractivity contribution in [2.24, 2.45) is 0 Å². The number of esters is 1. The second-order valence-corrected chi connectivity index (χ2v) is 10.2. The number of rotatable bonds is 4. The lowest BCUT2D eigenvalue weighted by atomic mass is 9.50. The molecule has 39 heavy (non-hydrogen) atoms. The number of alkyl halides is 3. The molecule has 0 amide bonds. The van der Waals surface area contributed by atoms with Gasteiger partial charge in [-0.3, -0.25) is 4.79 Å². The van der Waals surface area contributed by atoms with E-state index in [1.807, 2.05) is 19.2 Å². The van der Waals surface area contributed by atoms with Crippen LogP contribution < -0.4 is 9.47 Å². The minimum absolute atomic E-state index is 0.0763. The summed E-state index contributed by atoms with van der Waals surface area (Å²) in [5.41, 5.74) is 0.757. The Morgan fingerprint density at radius 2 is 1.92 bits per heavy atom. The molecule has 0 radical (unpaired) electrons. The Bertz CT molecular complexity index is 1310. The lowest BCUT2D eigenvalue weighted by molar-refractivity contribution is -0.172. The number of nitrogens with zero attached hydrogens (tertiary/aromatic N) is 1. The molecule has 0 unspecified atom stereocenters. The van der Waals surface area contributed by atoms with Gasteiger partial charge in [-0.15, -0.1) is 0 Å². The predicted octanol–water partition coefficient (Wildman–Crippen LogP) is 3.00. The van der Waals surface area contributed by atoms with Gasteiger partial charge in [0, 0.05) is 18.0 Å². The average Bonchev–Trinajstić information content (AvgIpc) is 3.28. The smallest absolute Gasteiger partial charge is 0.446 e. The zero-order chi connectivity index (χ0) is 28.2. The minimum Gasteiger partial charge on any atom is -0.493 e. The summed E-state index contributed by atoms with van der Waals surface area (Å²) < 4.78 is 49.1. The van der Waals surface area contributed by atoms with Crippen molar-refractivity contribution in [3.63, 3.8) is 0 Å². The van der Waals surface area contributed by atoms with E-state index in [0.29, 0.717) is 42.1 Å². The zero-order valence-electron chi connectivity index (χ0n) is 21.3. The second kappa shape index (κ2) is 9.65. The number of aliphatic hydroxyl groups is 2. The Hall–Kier alpha value is -3.41. The number of likely N-dealkylation sites (N-methyl/N-ethyl adjacent to an activating group) is 1. The van der Waals surface area contributed by atoms with Crippen LogP contribution in [0.2, 0.25) is 0 Å². The van der Waals surface area contributed by atoms with E-state index in [9.17, 15) is 28.2 Å². The molecular formula is C28H28F3NO7. The topological polar surface area (TPSA) is 106 Å². The molecule has 2 aliphatic carbocycles. The van der Waals surface area contributed by atoms with E-state index in [4.69, 9.17) is 19.0 Å². The first kappa shape index (κ1) is 27.2. The number of ether oxygens (including phenoxy) is 3. The molecule has 11 heteroatoms. The number of carbonyl (C=O) groups is 2. The SMILES string of the molecule is COc1ccc2c3c1O[C@H]1C(OC(=O)[C@H](O)c4ccccc4)=CC[C@@]4(O)[C@@H](C2)N(C)CC[C@]314.O=CC(F)(F)F. The van der Waals surface area contributed by atoms with E-state index in [1.165, 1.54) is 0 Å². The highest BCUT2D eigenvalue weighted by Gasteiger charge is 2.72. The van der Waals surface area contributed by atoms with E-state index in [2.05, 4.69) is 11.0 Å². The molecule has 1 saturated heterocycles. The molecule has 2 aliphatic heterocycles. The highest BCUT2D eigenvalue weighted by molar-refractivity contribution is 5.77. The Kier molecular flexibility index (Phi) is 6.72. The summed E-state index contributed by atoms with van der Waals surface area (Å²) in [4.78, 5) is 23.8. The first-order valence-corrected chi connectivity index (χ1v) is 12.4. The van der Waals surface area contributed by atoms with Crippen molar-refractivity contribution in [1.29, 1.82) is 0 Å². The van der Waals surface area contributed by atoms with Gasteiger partial charge in [0.05, 0.1) is 18.1 Å². The van der Waals surface area contributed by atoms with E-state index in [-0.39, 0.29) is 6.04 Å². The molecule has 2 N–H and O–H groups in total. The number of aldehydes is 1. The summed E-state index contributed by atoms with van der Waals surface area (Å²) in [6, 6.07) is 12.6. The van der Waals surface area contributed by atoms with E-state index < -0.39 is 41.7 Å². The van der Waals surface area contributed by atoms with Crippen LogP contribution in [0.4, 0.5) is 13.2 Å². The van der Waals surface area contributed by atoms with Crippen LogP contribution in [0, 0.1) is 0 Å². The fourth-order valence-electron chi connectivity index (χ4n) is 6.53. The molecule has 1 spiro atoms. The zero-order valence-corrected chi connectivity index (χ0v) is 21.3. The summed E-state index contributed by atoms with van der Waals surface area (Å²) in [5, 5.41) is 22.8. The fraction of sp³-hybridized carbons (Fsp3) is 0.429. The fourth-order valence-corrected chi connectivity index (χ4v) is 6.53. The van der Waals surface area contributed by atoms with Gasteiger partial charge < -0.3 is 29.3 Å². The van der Waals surface area contributed by atoms with Crippen LogP contribution in [0.5, 0.6) is 11.5 Å². The van der Waals surface area contributed by atoms with Crippen LogP contribution >= 0.6 is 0 Å². The maximum Gasteiger partial charge on any atom is 0.446 e. The van der Waals surface area contributed by atoms with Crippen LogP contribution in [0.25, 0.3) is 0 Å². The van der Waals surface area contributed by atoms with Crippen molar-refractivity contribution < 1.29 is 47.2 Å². The predicted molar refractivity (Wildman–Crippen MR) is 131 cm³/mol. The van der Waals surface area contributed by atoms with Crippen molar-refractivity contribution in [3.8, 4) is 11.5 Å². The van der Waals surface area contributed by atoms with Gasteiger partial charge in [0.1, 0.15) is 5.76 Å². The molecule has 5 atom stereocenters. The van der Waals surface area contributed by atoms with Crippen molar-refractivity contribution >= 4 is 12.3 Å². The number of likely N-dealkylation sites (tertiary alicyclic amines) is 1. The van der Waals surface area contributed by atoms with Crippen LogP contribution in [-0.2, 0) is 26.2 Å². The van der Waals surface area contributed by atoms with Gasteiger partial charge >= 0.3 is 12.1 Å². The molecular weight excluding hydrogens is 519 g/mol. The number of hydrogen-bond donors (Lipinski definition) is 2. The third kappa shape index (κ3) is 4.19. The molecule has 1 fully saturated rings. The molecule has 4 aliphatic rings. The molecule has 6 rings (SSSR count). The third-order valence-electron chi connectivity index (χ3n) is 8.25. The van der Waals surface area contributed by atoms with E-state index >= 15 is 0 Å². The molecule has 208 valence electrons. The Morgan fingerprint density at radius 1 is 1.23 bits per heavy atom. The summed E-state index contributed by atoms with van der Waals surface area (Å²) in [6.07, 6.45) is -4.32. The van der Waals surface area contributed by atoms with Crippen LogP contribution in [0.3, 0.4) is 0 Å². The number of carbonyl (C=O) groups excluding carboxylic acids is 2. The normalized spacial score (nSPS) is 29.1. The first-order valence-electron chi connectivity index (χ1n) is 12.4. The van der Waals surface area contributed by atoms with Crippen LogP contribution in [0.15, 0.2) is 54.3 Å². The van der Waals surface area contributed by atoms with Gasteiger partial charge in [0.2, 0.25) is 6.29 Å². The highest BCUT2D eigenvalue weighted by atomic mass is 19.4. The molecule has 0 saturated carbocycles. The van der Waals surface area contributed by atoms with Gasteiger partial charge in [-0.2, -0.15) is 13.2 Å². The van der Waals surface area contributed by atoms with Crippen molar-refractivity contribution in [3.05, 3.63) is 71.0 Å². The van der Waals surface area contributed by atoms with Gasteiger partial charge in [-0.1, -0.05) is 36.4 Å². The monoisotopic (exact) mass is 547 g/mol. The Morgan fingerprint density at radius 3 is 2.56 bits per heavy atom. The third-order valence-corrected chi connectivity index (χ3v) is 8.25. The van der Waals surface area contributed by atoms with Gasteiger partial charge in [0.15, 0.2) is 23.7 Å². The maximum absolute atomic E-state index is 12.9. The maximum atomic E-state index is 12.9. The Labute approximate surface area is 222 Å².